The molecule has 1 rings (SSSR count). The largest absolute Gasteiger partial charge is 0.382 e. The van der Waals surface area contributed by atoms with Gasteiger partial charge >= 0.3 is 0 Å². The van der Waals surface area contributed by atoms with Gasteiger partial charge in [-0.2, -0.15) is 0 Å². The van der Waals surface area contributed by atoms with E-state index in [0.717, 1.165) is 25.8 Å². The van der Waals surface area contributed by atoms with Crippen LogP contribution >= 0.6 is 58.8 Å². The average molecular weight is 354 g/mol. The van der Waals surface area contributed by atoms with Crippen LogP contribution < -0.4 is 11.1 Å². The molecule has 0 atom stereocenters. The first-order valence-electron chi connectivity index (χ1n) is 5.21. The third-order valence-corrected chi connectivity index (χ3v) is 3.66. The predicted octanol–water partition coefficient (Wildman–Crippen LogP) is 4.66. The fraction of sp³-hybridized carbons (Fsp3) is 0.500. The fourth-order valence-electron chi connectivity index (χ4n) is 1.30. The van der Waals surface area contributed by atoms with Crippen LogP contribution in [0.2, 0.25) is 20.4 Å². The summed E-state index contributed by atoms with van der Waals surface area (Å²) >= 11 is 23.6. The monoisotopic (exact) mass is 351 g/mol. The van der Waals surface area contributed by atoms with Crippen molar-refractivity contribution >= 4 is 64.5 Å². The Hall–Kier alpha value is 0.360. The van der Waals surface area contributed by atoms with Crippen LogP contribution in [0.5, 0.6) is 0 Å². The van der Waals surface area contributed by atoms with E-state index in [1.54, 1.807) is 0 Å². The number of halogens is 5. The summed E-state index contributed by atoms with van der Waals surface area (Å²) in [6.45, 7) is 1.44. The van der Waals surface area contributed by atoms with E-state index in [2.05, 4.69) is 10.3 Å². The number of nitrogens with one attached hydrogen (secondary N) is 1. The van der Waals surface area contributed by atoms with Crippen LogP contribution in [-0.4, -0.2) is 18.1 Å². The van der Waals surface area contributed by atoms with Gasteiger partial charge in [-0.1, -0.05) is 52.8 Å². The minimum atomic E-state index is 0. The molecular formula is C10H14Cl5N3. The Balaban J connectivity index is 0.00000289. The number of rotatable bonds is 6. The van der Waals surface area contributed by atoms with E-state index >= 15 is 0 Å². The van der Waals surface area contributed by atoms with Crippen LogP contribution in [0.15, 0.2) is 0 Å². The zero-order chi connectivity index (χ0) is 12.8. The topological polar surface area (TPSA) is 50.9 Å². The Morgan fingerprint density at radius 2 is 1.50 bits per heavy atom. The van der Waals surface area contributed by atoms with Crippen LogP contribution in [0.25, 0.3) is 0 Å². The number of hydrogen-bond donors (Lipinski definition) is 2. The summed E-state index contributed by atoms with van der Waals surface area (Å²) in [4.78, 5) is 3.80. The van der Waals surface area contributed by atoms with Crippen molar-refractivity contribution in [2.75, 3.05) is 18.4 Å². The Morgan fingerprint density at radius 3 is 2.00 bits per heavy atom. The molecule has 0 fully saturated rings. The number of unbranched alkanes of at least 4 members (excludes halogenated alkanes) is 2. The number of nitrogens with two attached hydrogens (primary N) is 1. The summed E-state index contributed by atoms with van der Waals surface area (Å²) in [7, 11) is 0. The van der Waals surface area contributed by atoms with Gasteiger partial charge in [0.1, 0.15) is 10.0 Å². The quantitative estimate of drug-likeness (QED) is 0.578. The molecule has 18 heavy (non-hydrogen) atoms. The molecule has 0 radical (unpaired) electrons. The summed E-state index contributed by atoms with van der Waals surface area (Å²) in [6.07, 6.45) is 3.02. The van der Waals surface area contributed by atoms with Crippen molar-refractivity contribution in [3.8, 4) is 0 Å². The molecule has 1 aromatic rings. The standard InChI is InChI=1S/C10H13Cl4N3.ClH/c11-6-8(16-5-3-1-2-4-15)7(12)10(14)17-9(6)13;/h1-5,15H2,(H,16,17);1H. The Kier molecular flexibility index (Phi) is 9.48. The van der Waals surface area contributed by atoms with Crippen molar-refractivity contribution in [2.45, 2.75) is 19.3 Å². The Morgan fingerprint density at radius 1 is 0.944 bits per heavy atom. The van der Waals surface area contributed by atoms with Gasteiger partial charge in [0, 0.05) is 6.54 Å². The van der Waals surface area contributed by atoms with Crippen LogP contribution in [0.3, 0.4) is 0 Å². The molecule has 0 amide bonds. The van der Waals surface area contributed by atoms with Crippen molar-refractivity contribution in [3.63, 3.8) is 0 Å². The zero-order valence-corrected chi connectivity index (χ0v) is 13.3. The molecule has 1 aromatic heterocycles. The van der Waals surface area contributed by atoms with Gasteiger partial charge in [0.15, 0.2) is 10.3 Å². The highest BCUT2D eigenvalue weighted by atomic mass is 35.5. The molecule has 0 saturated heterocycles. The molecule has 0 aromatic carbocycles. The van der Waals surface area contributed by atoms with E-state index < -0.39 is 0 Å². The van der Waals surface area contributed by atoms with Crippen LogP contribution in [0, 0.1) is 0 Å². The molecule has 0 saturated carbocycles. The maximum atomic E-state index is 5.99. The number of pyridine rings is 1. The summed E-state index contributed by atoms with van der Waals surface area (Å²) in [5, 5.41) is 3.98. The summed E-state index contributed by atoms with van der Waals surface area (Å²) in [6, 6.07) is 0. The Labute approximate surface area is 133 Å². The fourth-order valence-corrected chi connectivity index (χ4v) is 2.16. The third kappa shape index (κ3) is 5.16. The normalized spacial score (nSPS) is 10.1. The average Bonchev–Trinajstić information content (AvgIpc) is 2.30. The molecule has 8 heteroatoms. The van der Waals surface area contributed by atoms with Gasteiger partial charge in [0.25, 0.3) is 0 Å². The molecule has 0 unspecified atom stereocenters. The maximum absolute atomic E-state index is 5.99. The first kappa shape index (κ1) is 18.4. The predicted molar refractivity (Wildman–Crippen MR) is 82.9 cm³/mol. The first-order chi connectivity index (χ1) is 8.07. The van der Waals surface area contributed by atoms with Crippen molar-refractivity contribution < 1.29 is 0 Å². The molecule has 3 nitrogen and oxygen atoms in total. The second kappa shape index (κ2) is 9.29. The molecule has 0 spiro atoms. The third-order valence-electron chi connectivity index (χ3n) is 2.18. The van der Waals surface area contributed by atoms with E-state index in [4.69, 9.17) is 52.1 Å². The van der Waals surface area contributed by atoms with Crippen molar-refractivity contribution in [1.82, 2.24) is 4.98 Å². The lowest BCUT2D eigenvalue weighted by atomic mass is 10.2. The highest BCUT2D eigenvalue weighted by molar-refractivity contribution is 6.48. The van der Waals surface area contributed by atoms with Crippen LogP contribution in [0.4, 0.5) is 5.69 Å². The minimum absolute atomic E-state index is 0. The lowest BCUT2D eigenvalue weighted by Gasteiger charge is -2.11. The number of hydrogen-bond acceptors (Lipinski definition) is 3. The molecule has 104 valence electrons. The maximum Gasteiger partial charge on any atom is 0.151 e. The molecule has 0 aliphatic rings. The second-order valence-corrected chi connectivity index (χ2v) is 4.94. The van der Waals surface area contributed by atoms with Gasteiger partial charge in [-0.05, 0) is 19.4 Å². The second-order valence-electron chi connectivity index (χ2n) is 3.47. The first-order valence-corrected chi connectivity index (χ1v) is 6.73. The highest BCUT2D eigenvalue weighted by Crippen LogP contribution is 2.38. The molecule has 0 bridgehead atoms. The van der Waals surface area contributed by atoms with E-state index in [1.165, 1.54) is 0 Å². The lowest BCUT2D eigenvalue weighted by molar-refractivity contribution is 0.707. The number of anilines is 1. The van der Waals surface area contributed by atoms with Crippen LogP contribution in [0.1, 0.15) is 19.3 Å². The molecule has 0 aliphatic carbocycles. The zero-order valence-electron chi connectivity index (χ0n) is 9.48. The molecule has 1 heterocycles. The van der Waals surface area contributed by atoms with Crippen LogP contribution in [-0.2, 0) is 0 Å². The van der Waals surface area contributed by atoms with Gasteiger partial charge in [0.05, 0.1) is 5.69 Å². The van der Waals surface area contributed by atoms with Crippen molar-refractivity contribution in [1.29, 1.82) is 0 Å². The van der Waals surface area contributed by atoms with Crippen molar-refractivity contribution in [3.05, 3.63) is 20.4 Å². The SMILES string of the molecule is Cl.NCCCCCNc1c(Cl)c(Cl)nc(Cl)c1Cl. The summed E-state index contributed by atoms with van der Waals surface area (Å²) < 4.78 is 0. The minimum Gasteiger partial charge on any atom is -0.382 e. The van der Waals surface area contributed by atoms with E-state index in [1.807, 2.05) is 0 Å². The smallest absolute Gasteiger partial charge is 0.151 e. The van der Waals surface area contributed by atoms with E-state index in [-0.39, 0.29) is 22.7 Å². The van der Waals surface area contributed by atoms with Gasteiger partial charge in [-0.25, -0.2) is 4.98 Å². The van der Waals surface area contributed by atoms with Crippen molar-refractivity contribution in [2.24, 2.45) is 5.73 Å². The lowest BCUT2D eigenvalue weighted by Crippen LogP contribution is -2.05. The molecular weight excluding hydrogens is 339 g/mol. The van der Waals surface area contributed by atoms with Gasteiger partial charge < -0.3 is 11.1 Å². The molecule has 3 N–H and O–H groups in total. The van der Waals surface area contributed by atoms with E-state index in [9.17, 15) is 0 Å². The van der Waals surface area contributed by atoms with Gasteiger partial charge in [-0.15, -0.1) is 12.4 Å². The van der Waals surface area contributed by atoms with E-state index in [0.29, 0.717) is 22.3 Å². The number of aromatic nitrogens is 1. The Bertz CT molecular complexity index is 360. The molecule has 0 aliphatic heterocycles. The summed E-state index contributed by atoms with van der Waals surface area (Å²) in [5.41, 5.74) is 5.94. The van der Waals surface area contributed by atoms with Gasteiger partial charge in [-0.3, -0.25) is 0 Å². The number of nitrogens with zero attached hydrogens (tertiary/aromatic N) is 1. The highest BCUT2D eigenvalue weighted by Gasteiger charge is 2.14. The van der Waals surface area contributed by atoms with Gasteiger partial charge in [0.2, 0.25) is 0 Å². The summed E-state index contributed by atoms with van der Waals surface area (Å²) in [5.74, 6) is 0.